The number of aromatic amines is 1. The maximum Gasteiger partial charge on any atom is 0.264 e. The van der Waals surface area contributed by atoms with Crippen molar-refractivity contribution in [1.82, 2.24) is 4.98 Å². The van der Waals surface area contributed by atoms with Crippen molar-refractivity contribution in [2.45, 2.75) is 12.8 Å². The molecule has 29 heavy (non-hydrogen) atoms. The first kappa shape index (κ1) is 18.7. The molecule has 0 unspecified atom stereocenters. The number of anilines is 2. The molecule has 1 aromatic heterocycles. The SMILES string of the molecule is CN1C(=O)COc2c(NC(=O)CCc3cc4ccc(F)cc4[nH]c3=O)cccc21. The van der Waals surface area contributed by atoms with Crippen molar-refractivity contribution in [2.75, 3.05) is 23.9 Å². The van der Waals surface area contributed by atoms with Crippen LogP contribution in [-0.2, 0) is 16.0 Å². The highest BCUT2D eigenvalue weighted by molar-refractivity contribution is 6.01. The molecule has 3 aromatic rings. The fourth-order valence-electron chi connectivity index (χ4n) is 3.27. The molecule has 2 N–H and O–H groups in total. The third kappa shape index (κ3) is 3.69. The summed E-state index contributed by atoms with van der Waals surface area (Å²) in [4.78, 5) is 40.5. The number of aromatic nitrogens is 1. The number of aryl methyl sites for hydroxylation is 1. The summed E-state index contributed by atoms with van der Waals surface area (Å²) in [5, 5.41) is 3.47. The van der Waals surface area contributed by atoms with Crippen molar-refractivity contribution in [1.29, 1.82) is 0 Å². The lowest BCUT2D eigenvalue weighted by Crippen LogP contribution is -2.35. The Bertz CT molecular complexity index is 1190. The van der Waals surface area contributed by atoms with Gasteiger partial charge in [-0.3, -0.25) is 14.4 Å². The Morgan fingerprint density at radius 2 is 2.07 bits per heavy atom. The van der Waals surface area contributed by atoms with E-state index in [4.69, 9.17) is 4.74 Å². The minimum atomic E-state index is -0.430. The van der Waals surface area contributed by atoms with E-state index in [0.29, 0.717) is 33.6 Å². The highest BCUT2D eigenvalue weighted by Gasteiger charge is 2.25. The normalized spacial score (nSPS) is 13.2. The number of likely N-dealkylation sites (N-methyl/N-ethyl adjacent to an activating group) is 1. The number of amides is 2. The molecule has 0 fully saturated rings. The van der Waals surface area contributed by atoms with E-state index in [0.717, 1.165) is 0 Å². The predicted molar refractivity (Wildman–Crippen MR) is 107 cm³/mol. The number of hydrogen-bond donors (Lipinski definition) is 2. The largest absolute Gasteiger partial charge is 0.479 e. The van der Waals surface area contributed by atoms with Gasteiger partial charge < -0.3 is 19.9 Å². The topological polar surface area (TPSA) is 91.5 Å². The molecule has 0 saturated heterocycles. The maximum absolute atomic E-state index is 13.3. The smallest absolute Gasteiger partial charge is 0.264 e. The number of pyridine rings is 1. The minimum absolute atomic E-state index is 0.0776. The van der Waals surface area contributed by atoms with Gasteiger partial charge in [-0.2, -0.15) is 0 Å². The lowest BCUT2D eigenvalue weighted by molar-refractivity contribution is -0.121. The molecule has 0 bridgehead atoms. The summed E-state index contributed by atoms with van der Waals surface area (Å²) >= 11 is 0. The lowest BCUT2D eigenvalue weighted by Gasteiger charge is -2.27. The standard InChI is InChI=1S/C21H18FN3O4/c1-25-17-4-2-3-15(20(17)29-11-19(25)27)23-18(26)8-6-13-9-12-5-7-14(22)10-16(12)24-21(13)28/h2-5,7,9-10H,6,8,11H2,1H3,(H,23,26)(H,24,28). The van der Waals surface area contributed by atoms with Crippen molar-refractivity contribution in [3.8, 4) is 5.75 Å². The third-order valence-electron chi connectivity index (χ3n) is 4.85. The van der Waals surface area contributed by atoms with Crippen molar-refractivity contribution < 1.29 is 18.7 Å². The van der Waals surface area contributed by atoms with E-state index in [1.807, 2.05) is 0 Å². The van der Waals surface area contributed by atoms with Crippen molar-refractivity contribution in [3.63, 3.8) is 0 Å². The van der Waals surface area contributed by atoms with Crippen LogP contribution < -0.4 is 20.5 Å². The summed E-state index contributed by atoms with van der Waals surface area (Å²) in [7, 11) is 1.65. The van der Waals surface area contributed by atoms with Crippen LogP contribution in [0.1, 0.15) is 12.0 Å². The van der Waals surface area contributed by atoms with E-state index in [2.05, 4.69) is 10.3 Å². The number of rotatable bonds is 4. The number of ether oxygens (including phenoxy) is 1. The second-order valence-corrected chi connectivity index (χ2v) is 6.80. The van der Waals surface area contributed by atoms with E-state index in [-0.39, 0.29) is 36.8 Å². The molecule has 0 saturated carbocycles. The predicted octanol–water partition coefficient (Wildman–Crippen LogP) is 2.59. The Hall–Kier alpha value is -3.68. The number of benzene rings is 2. The number of nitrogens with zero attached hydrogens (tertiary/aromatic N) is 1. The molecule has 2 aromatic carbocycles. The van der Waals surface area contributed by atoms with Crippen LogP contribution in [0.4, 0.5) is 15.8 Å². The van der Waals surface area contributed by atoms with Crippen LogP contribution in [0.2, 0.25) is 0 Å². The van der Waals surface area contributed by atoms with Crippen molar-refractivity contribution >= 4 is 34.1 Å². The minimum Gasteiger partial charge on any atom is -0.479 e. The average Bonchev–Trinajstić information content (AvgIpc) is 2.69. The van der Waals surface area contributed by atoms with E-state index < -0.39 is 5.82 Å². The molecule has 1 aliphatic rings. The molecule has 0 aliphatic carbocycles. The molecule has 148 valence electrons. The monoisotopic (exact) mass is 395 g/mol. The van der Waals surface area contributed by atoms with Crippen LogP contribution in [0.15, 0.2) is 47.3 Å². The molecular formula is C21H18FN3O4. The Morgan fingerprint density at radius 1 is 1.24 bits per heavy atom. The van der Waals surface area contributed by atoms with Gasteiger partial charge in [0, 0.05) is 19.0 Å². The molecular weight excluding hydrogens is 377 g/mol. The van der Waals surface area contributed by atoms with E-state index >= 15 is 0 Å². The zero-order chi connectivity index (χ0) is 20.5. The summed E-state index contributed by atoms with van der Waals surface area (Å²) in [6.07, 6.45) is 0.303. The zero-order valence-corrected chi connectivity index (χ0v) is 15.6. The number of fused-ring (bicyclic) bond motifs is 2. The van der Waals surface area contributed by atoms with Gasteiger partial charge in [-0.25, -0.2) is 4.39 Å². The van der Waals surface area contributed by atoms with Gasteiger partial charge in [0.1, 0.15) is 5.82 Å². The van der Waals surface area contributed by atoms with Crippen molar-refractivity contribution in [2.24, 2.45) is 0 Å². The second-order valence-electron chi connectivity index (χ2n) is 6.80. The summed E-state index contributed by atoms with van der Waals surface area (Å²) < 4.78 is 18.8. The van der Waals surface area contributed by atoms with E-state index in [1.165, 1.54) is 17.0 Å². The highest BCUT2D eigenvalue weighted by atomic mass is 19.1. The molecule has 1 aliphatic heterocycles. The molecule has 0 spiro atoms. The summed E-state index contributed by atoms with van der Waals surface area (Å²) in [5.74, 6) is -0.453. The Labute approximate surface area is 165 Å². The number of nitrogens with one attached hydrogen (secondary N) is 2. The molecule has 2 amide bonds. The number of H-pyrrole nitrogens is 1. The third-order valence-corrected chi connectivity index (χ3v) is 4.85. The van der Waals surface area contributed by atoms with Crippen LogP contribution in [0.25, 0.3) is 10.9 Å². The van der Waals surface area contributed by atoms with Gasteiger partial charge in [0.15, 0.2) is 12.4 Å². The fraction of sp³-hybridized carbons (Fsp3) is 0.190. The summed E-state index contributed by atoms with van der Waals surface area (Å²) in [5.41, 5.74) is 1.55. The van der Waals surface area contributed by atoms with Gasteiger partial charge >= 0.3 is 0 Å². The number of carbonyl (C=O) groups is 2. The van der Waals surface area contributed by atoms with Crippen LogP contribution >= 0.6 is 0 Å². The van der Waals surface area contributed by atoms with Crippen LogP contribution in [0.3, 0.4) is 0 Å². The molecule has 0 radical (unpaired) electrons. The molecule has 4 rings (SSSR count). The Morgan fingerprint density at radius 3 is 2.90 bits per heavy atom. The van der Waals surface area contributed by atoms with Gasteiger partial charge in [0.2, 0.25) is 5.91 Å². The van der Waals surface area contributed by atoms with Gasteiger partial charge in [-0.15, -0.1) is 0 Å². The molecule has 2 heterocycles. The molecule has 0 atom stereocenters. The number of para-hydroxylation sites is 1. The molecule has 7 nitrogen and oxygen atoms in total. The van der Waals surface area contributed by atoms with Crippen molar-refractivity contribution in [3.05, 3.63) is 64.2 Å². The second kappa shape index (κ2) is 7.38. The van der Waals surface area contributed by atoms with Gasteiger partial charge in [0.25, 0.3) is 11.5 Å². The Kier molecular flexibility index (Phi) is 4.75. The van der Waals surface area contributed by atoms with Crippen LogP contribution in [-0.4, -0.2) is 30.5 Å². The van der Waals surface area contributed by atoms with E-state index in [1.54, 1.807) is 37.4 Å². The summed E-state index contributed by atoms with van der Waals surface area (Å²) in [6, 6.07) is 11.0. The average molecular weight is 395 g/mol. The first-order chi connectivity index (χ1) is 13.9. The number of carbonyl (C=O) groups excluding carboxylic acids is 2. The highest BCUT2D eigenvalue weighted by Crippen LogP contribution is 2.38. The first-order valence-corrected chi connectivity index (χ1v) is 9.06. The fourth-order valence-corrected chi connectivity index (χ4v) is 3.27. The zero-order valence-electron chi connectivity index (χ0n) is 15.6. The summed E-state index contributed by atoms with van der Waals surface area (Å²) in [6.45, 7) is -0.0938. The maximum atomic E-state index is 13.3. The van der Waals surface area contributed by atoms with Crippen LogP contribution in [0.5, 0.6) is 5.75 Å². The van der Waals surface area contributed by atoms with Gasteiger partial charge in [-0.05, 0) is 48.2 Å². The number of halogens is 1. The van der Waals surface area contributed by atoms with Crippen LogP contribution in [0, 0.1) is 5.82 Å². The lowest BCUT2D eigenvalue weighted by atomic mass is 10.1. The van der Waals surface area contributed by atoms with Gasteiger partial charge in [0.05, 0.1) is 16.9 Å². The molecule has 8 heteroatoms. The number of hydrogen-bond acceptors (Lipinski definition) is 4. The van der Waals surface area contributed by atoms with E-state index in [9.17, 15) is 18.8 Å². The Balaban J connectivity index is 1.48. The quantitative estimate of drug-likeness (QED) is 0.710. The van der Waals surface area contributed by atoms with Gasteiger partial charge in [-0.1, -0.05) is 6.07 Å². The first-order valence-electron chi connectivity index (χ1n) is 9.06.